The molecule has 7 heteroatoms. The molecule has 0 aromatic carbocycles. The number of aromatic nitrogens is 3. The van der Waals surface area contributed by atoms with E-state index in [9.17, 15) is 4.39 Å². The molecule has 0 spiro atoms. The minimum Gasteiger partial charge on any atom is -0.379 e. The molecule has 0 fully saturated rings. The van der Waals surface area contributed by atoms with E-state index in [1.165, 1.54) is 12.1 Å². The van der Waals surface area contributed by atoms with Crippen LogP contribution in [0.25, 0.3) is 11.6 Å². The van der Waals surface area contributed by atoms with Crippen LogP contribution in [0.15, 0.2) is 22.9 Å². The second kappa shape index (κ2) is 6.06. The molecule has 0 bridgehead atoms. The third-order valence-electron chi connectivity index (χ3n) is 2.63. The smallest absolute Gasteiger partial charge is 0.276 e. The van der Waals surface area contributed by atoms with Gasteiger partial charge in [0.15, 0.2) is 5.82 Å². The molecule has 1 atom stereocenters. The van der Waals surface area contributed by atoms with Crippen molar-refractivity contribution in [3.8, 4) is 11.6 Å². The molecule has 0 saturated heterocycles. The molecule has 2 aromatic heterocycles. The van der Waals surface area contributed by atoms with Crippen molar-refractivity contribution < 1.29 is 13.7 Å². The molecule has 6 nitrogen and oxygen atoms in total. The lowest BCUT2D eigenvalue weighted by atomic mass is 10.1. The topological polar surface area (TPSA) is 87.1 Å². The highest BCUT2D eigenvalue weighted by Crippen LogP contribution is 2.20. The van der Waals surface area contributed by atoms with Crippen molar-refractivity contribution in [1.29, 1.82) is 0 Å². The molecule has 108 valence electrons. The largest absolute Gasteiger partial charge is 0.379 e. The minimum atomic E-state index is -0.850. The molecule has 2 aromatic rings. The third kappa shape index (κ3) is 3.37. The van der Waals surface area contributed by atoms with Crippen molar-refractivity contribution in [3.63, 3.8) is 0 Å². The van der Waals surface area contributed by atoms with E-state index in [-0.39, 0.29) is 12.5 Å². The van der Waals surface area contributed by atoms with Gasteiger partial charge < -0.3 is 15.0 Å². The Balaban J connectivity index is 2.13. The van der Waals surface area contributed by atoms with Crippen LogP contribution in [0.3, 0.4) is 0 Å². The van der Waals surface area contributed by atoms with Gasteiger partial charge in [0.05, 0.1) is 12.8 Å². The first-order chi connectivity index (χ1) is 9.53. The van der Waals surface area contributed by atoms with Crippen LogP contribution in [0.5, 0.6) is 0 Å². The maximum atomic E-state index is 12.8. The van der Waals surface area contributed by atoms with Crippen molar-refractivity contribution in [2.75, 3.05) is 13.2 Å². The number of ether oxygens (including phenoxy) is 1. The maximum Gasteiger partial charge on any atom is 0.276 e. The lowest BCUT2D eigenvalue weighted by molar-refractivity contribution is 0.0867. The van der Waals surface area contributed by atoms with E-state index in [0.29, 0.717) is 18.1 Å². The minimum absolute atomic E-state index is 0.201. The van der Waals surface area contributed by atoms with Gasteiger partial charge in [0.2, 0.25) is 0 Å². The van der Waals surface area contributed by atoms with Gasteiger partial charge in [-0.3, -0.25) is 0 Å². The quantitative estimate of drug-likeness (QED) is 0.813. The second-order valence-electron chi connectivity index (χ2n) is 4.75. The standard InChI is InChI=1S/C13H17FN4O2/c1-3-6-19-8-13(2,15)12-17-11(20-18-12)10-5-4-9(14)7-16-10/h4-5,7H,3,6,8,15H2,1-2H3. The summed E-state index contributed by atoms with van der Waals surface area (Å²) in [4.78, 5) is 8.07. The Morgan fingerprint density at radius 1 is 1.45 bits per heavy atom. The van der Waals surface area contributed by atoms with Crippen molar-refractivity contribution in [1.82, 2.24) is 15.1 Å². The van der Waals surface area contributed by atoms with E-state index in [2.05, 4.69) is 15.1 Å². The molecule has 0 saturated carbocycles. The summed E-state index contributed by atoms with van der Waals surface area (Å²) in [5, 5.41) is 3.84. The molecule has 2 N–H and O–H groups in total. The molecular formula is C13H17FN4O2. The van der Waals surface area contributed by atoms with Crippen LogP contribution in [0.2, 0.25) is 0 Å². The van der Waals surface area contributed by atoms with Crippen molar-refractivity contribution in [2.45, 2.75) is 25.8 Å². The van der Waals surface area contributed by atoms with E-state index in [1.54, 1.807) is 6.92 Å². The van der Waals surface area contributed by atoms with Gasteiger partial charge in [0.1, 0.15) is 17.1 Å². The van der Waals surface area contributed by atoms with Crippen LogP contribution in [0.1, 0.15) is 26.1 Å². The Morgan fingerprint density at radius 3 is 2.90 bits per heavy atom. The molecule has 0 aliphatic carbocycles. The molecular weight excluding hydrogens is 263 g/mol. The van der Waals surface area contributed by atoms with Crippen LogP contribution in [0, 0.1) is 5.82 Å². The summed E-state index contributed by atoms with van der Waals surface area (Å²) in [6.07, 6.45) is 2.00. The summed E-state index contributed by atoms with van der Waals surface area (Å²) < 4.78 is 23.3. The predicted octanol–water partition coefficient (Wildman–Crippen LogP) is 1.87. The van der Waals surface area contributed by atoms with Gasteiger partial charge in [-0.05, 0) is 25.5 Å². The van der Waals surface area contributed by atoms with Crippen LogP contribution < -0.4 is 5.73 Å². The van der Waals surface area contributed by atoms with Crippen molar-refractivity contribution >= 4 is 0 Å². The van der Waals surface area contributed by atoms with E-state index in [4.69, 9.17) is 15.0 Å². The van der Waals surface area contributed by atoms with E-state index in [1.807, 2.05) is 6.92 Å². The molecule has 0 radical (unpaired) electrons. The van der Waals surface area contributed by atoms with Crippen LogP contribution in [-0.4, -0.2) is 28.3 Å². The lowest BCUT2D eigenvalue weighted by Crippen LogP contribution is -2.39. The zero-order valence-corrected chi connectivity index (χ0v) is 11.5. The highest BCUT2D eigenvalue weighted by atomic mass is 19.1. The van der Waals surface area contributed by atoms with Gasteiger partial charge in [-0.1, -0.05) is 12.1 Å². The first-order valence-corrected chi connectivity index (χ1v) is 6.35. The number of nitrogens with two attached hydrogens (primary N) is 1. The van der Waals surface area contributed by atoms with Crippen LogP contribution in [0.4, 0.5) is 4.39 Å². The van der Waals surface area contributed by atoms with Crippen LogP contribution in [-0.2, 0) is 10.3 Å². The molecule has 20 heavy (non-hydrogen) atoms. The van der Waals surface area contributed by atoms with E-state index in [0.717, 1.165) is 12.6 Å². The summed E-state index contributed by atoms with van der Waals surface area (Å²) in [6, 6.07) is 2.74. The normalized spacial score (nSPS) is 14.2. The predicted molar refractivity (Wildman–Crippen MR) is 70.1 cm³/mol. The molecule has 0 aliphatic rings. The number of nitrogens with zero attached hydrogens (tertiary/aromatic N) is 3. The number of rotatable bonds is 6. The third-order valence-corrected chi connectivity index (χ3v) is 2.63. The van der Waals surface area contributed by atoms with Crippen molar-refractivity contribution in [3.05, 3.63) is 30.0 Å². The molecule has 2 rings (SSSR count). The van der Waals surface area contributed by atoms with Crippen LogP contribution >= 0.6 is 0 Å². The Hall–Kier alpha value is -1.86. The van der Waals surface area contributed by atoms with Gasteiger partial charge in [-0.25, -0.2) is 9.37 Å². The number of hydrogen-bond donors (Lipinski definition) is 1. The average Bonchev–Trinajstić information content (AvgIpc) is 2.90. The molecule has 2 heterocycles. The Labute approximate surface area is 116 Å². The Bertz CT molecular complexity index is 554. The fourth-order valence-corrected chi connectivity index (χ4v) is 1.55. The zero-order valence-electron chi connectivity index (χ0n) is 11.5. The summed E-state index contributed by atoms with van der Waals surface area (Å²) >= 11 is 0. The summed E-state index contributed by atoms with van der Waals surface area (Å²) in [5.41, 5.74) is 5.65. The average molecular weight is 280 g/mol. The van der Waals surface area contributed by atoms with E-state index >= 15 is 0 Å². The van der Waals surface area contributed by atoms with Gasteiger partial charge in [-0.2, -0.15) is 4.98 Å². The van der Waals surface area contributed by atoms with Gasteiger partial charge in [0, 0.05) is 6.61 Å². The molecule has 0 aliphatic heterocycles. The van der Waals surface area contributed by atoms with Gasteiger partial charge in [-0.15, -0.1) is 0 Å². The highest BCUT2D eigenvalue weighted by molar-refractivity contribution is 5.45. The molecule has 0 amide bonds. The first kappa shape index (κ1) is 14.5. The second-order valence-corrected chi connectivity index (χ2v) is 4.75. The van der Waals surface area contributed by atoms with Gasteiger partial charge in [0.25, 0.3) is 5.89 Å². The first-order valence-electron chi connectivity index (χ1n) is 6.35. The summed E-state index contributed by atoms with van der Waals surface area (Å²) in [6.45, 7) is 4.68. The summed E-state index contributed by atoms with van der Waals surface area (Å²) in [7, 11) is 0. The highest BCUT2D eigenvalue weighted by Gasteiger charge is 2.28. The summed E-state index contributed by atoms with van der Waals surface area (Å²) in [5.74, 6) is 0.104. The van der Waals surface area contributed by atoms with Crippen molar-refractivity contribution in [2.24, 2.45) is 5.73 Å². The monoisotopic (exact) mass is 280 g/mol. The number of hydrogen-bond acceptors (Lipinski definition) is 6. The lowest BCUT2D eigenvalue weighted by Gasteiger charge is -2.19. The Kier molecular flexibility index (Phi) is 4.41. The SMILES string of the molecule is CCCOCC(C)(N)c1noc(-c2ccc(F)cn2)n1. The Morgan fingerprint density at radius 2 is 2.25 bits per heavy atom. The number of pyridine rings is 1. The number of halogens is 1. The fourth-order valence-electron chi connectivity index (χ4n) is 1.55. The zero-order chi connectivity index (χ0) is 14.6. The molecule has 1 unspecified atom stereocenters. The maximum absolute atomic E-state index is 12.8. The van der Waals surface area contributed by atoms with Gasteiger partial charge >= 0.3 is 0 Å². The van der Waals surface area contributed by atoms with E-state index < -0.39 is 11.4 Å². The fraction of sp³-hybridized carbons (Fsp3) is 0.462.